The molecule has 0 aliphatic heterocycles. The lowest BCUT2D eigenvalue weighted by Gasteiger charge is -2.56. The summed E-state index contributed by atoms with van der Waals surface area (Å²) in [6.07, 6.45) is 9.68. The van der Waals surface area contributed by atoms with Gasteiger partial charge < -0.3 is 9.47 Å². The molecule has 0 heterocycles. The third-order valence-electron chi connectivity index (χ3n) is 6.11. The molecule has 0 radical (unpaired) electrons. The zero-order valence-corrected chi connectivity index (χ0v) is 14.2. The Kier molecular flexibility index (Phi) is 4.45. The molecule has 0 amide bonds. The molecule has 0 unspecified atom stereocenters. The molecule has 0 aromatic rings. The monoisotopic (exact) mass is 318 g/mol. The summed E-state index contributed by atoms with van der Waals surface area (Å²) < 4.78 is 10.2. The minimum absolute atomic E-state index is 0.103. The van der Waals surface area contributed by atoms with Gasteiger partial charge in [0.2, 0.25) is 0 Å². The van der Waals surface area contributed by atoms with Crippen molar-refractivity contribution in [2.45, 2.75) is 32.6 Å². The molecule has 3 aliphatic carbocycles. The first kappa shape index (κ1) is 16.4. The summed E-state index contributed by atoms with van der Waals surface area (Å²) in [7, 11) is 3.10. The molecule has 0 N–H and O–H groups in total. The average molecular weight is 318 g/mol. The van der Waals surface area contributed by atoms with Crippen LogP contribution in [0.5, 0.6) is 0 Å². The van der Waals surface area contributed by atoms with Crippen LogP contribution in [0.3, 0.4) is 0 Å². The first-order valence-electron chi connectivity index (χ1n) is 8.54. The highest BCUT2D eigenvalue weighted by atomic mass is 16.5. The zero-order valence-electron chi connectivity index (χ0n) is 14.2. The van der Waals surface area contributed by atoms with Crippen LogP contribution in [0.4, 0.5) is 0 Å². The van der Waals surface area contributed by atoms with Crippen LogP contribution in [-0.2, 0) is 19.1 Å². The van der Waals surface area contributed by atoms with Gasteiger partial charge in [0, 0.05) is 25.4 Å². The van der Waals surface area contributed by atoms with E-state index >= 15 is 0 Å². The summed E-state index contributed by atoms with van der Waals surface area (Å²) in [5, 5.41) is 0. The third-order valence-corrected chi connectivity index (χ3v) is 6.11. The Bertz CT molecular complexity index is 562. The first-order chi connectivity index (χ1) is 11.1. The van der Waals surface area contributed by atoms with Crippen molar-refractivity contribution < 1.29 is 19.1 Å². The van der Waals surface area contributed by atoms with Crippen LogP contribution in [0.1, 0.15) is 32.6 Å². The van der Waals surface area contributed by atoms with Crippen LogP contribution < -0.4 is 0 Å². The topological polar surface area (TPSA) is 52.6 Å². The number of Topliss-reactive ketones (excluding diaryl/α,β-unsaturated/α-hetero) is 1. The van der Waals surface area contributed by atoms with Gasteiger partial charge in [0.05, 0.1) is 19.1 Å². The summed E-state index contributed by atoms with van der Waals surface area (Å²) >= 11 is 0. The van der Waals surface area contributed by atoms with Crippen LogP contribution in [0.25, 0.3) is 0 Å². The quantitative estimate of drug-likeness (QED) is 0.578. The molecular weight excluding hydrogens is 292 g/mol. The van der Waals surface area contributed by atoms with Gasteiger partial charge in [-0.3, -0.25) is 9.59 Å². The van der Waals surface area contributed by atoms with E-state index < -0.39 is 5.41 Å². The van der Waals surface area contributed by atoms with Crippen LogP contribution >= 0.6 is 0 Å². The van der Waals surface area contributed by atoms with Crippen molar-refractivity contribution in [2.75, 3.05) is 20.8 Å². The number of hydrogen-bond acceptors (Lipinski definition) is 4. The number of rotatable bonds is 5. The van der Waals surface area contributed by atoms with Crippen molar-refractivity contribution in [2.24, 2.45) is 29.1 Å². The van der Waals surface area contributed by atoms with Gasteiger partial charge in [0.1, 0.15) is 5.78 Å². The van der Waals surface area contributed by atoms with Gasteiger partial charge in [-0.05, 0) is 31.1 Å². The molecule has 23 heavy (non-hydrogen) atoms. The Morgan fingerprint density at radius 3 is 2.78 bits per heavy atom. The summed E-state index contributed by atoms with van der Waals surface area (Å²) in [5.74, 6) is 0.487. The number of ketones is 1. The van der Waals surface area contributed by atoms with Gasteiger partial charge in [0.15, 0.2) is 0 Å². The molecule has 3 rings (SSSR count). The maximum atomic E-state index is 12.6. The van der Waals surface area contributed by atoms with E-state index in [0.717, 1.165) is 12.8 Å². The predicted molar refractivity (Wildman–Crippen MR) is 86.7 cm³/mol. The number of fused-ring (bicyclic) bond motifs is 1. The van der Waals surface area contributed by atoms with Crippen molar-refractivity contribution in [1.29, 1.82) is 0 Å². The molecule has 0 aromatic heterocycles. The number of ether oxygens (including phenoxy) is 2. The molecule has 126 valence electrons. The Balaban J connectivity index is 1.99. The number of carbonyl (C=O) groups is 2. The molecule has 2 fully saturated rings. The minimum atomic E-state index is -0.627. The molecule has 4 heteroatoms. The largest absolute Gasteiger partial charge is 0.469 e. The van der Waals surface area contributed by atoms with E-state index in [4.69, 9.17) is 9.47 Å². The van der Waals surface area contributed by atoms with E-state index in [1.54, 1.807) is 7.11 Å². The maximum absolute atomic E-state index is 12.6. The number of methoxy groups -OCH3 is 2. The van der Waals surface area contributed by atoms with Gasteiger partial charge >= 0.3 is 5.97 Å². The fourth-order valence-corrected chi connectivity index (χ4v) is 5.15. The molecule has 0 saturated heterocycles. The summed E-state index contributed by atoms with van der Waals surface area (Å²) in [6.45, 7) is 2.76. The lowest BCUT2D eigenvalue weighted by atomic mass is 9.45. The number of allylic oxidation sites excluding steroid dienone is 3. The van der Waals surface area contributed by atoms with Crippen molar-refractivity contribution in [3.8, 4) is 0 Å². The number of esters is 1. The molecule has 2 saturated carbocycles. The van der Waals surface area contributed by atoms with E-state index in [2.05, 4.69) is 19.1 Å². The third kappa shape index (κ3) is 2.30. The van der Waals surface area contributed by atoms with Crippen LogP contribution in [0, 0.1) is 29.1 Å². The summed E-state index contributed by atoms with van der Waals surface area (Å²) in [4.78, 5) is 25.1. The van der Waals surface area contributed by atoms with Crippen molar-refractivity contribution in [3.05, 3.63) is 23.8 Å². The van der Waals surface area contributed by atoms with E-state index in [0.29, 0.717) is 25.4 Å². The SMILES string of the molecule is COC/C=C/[C@@H]1[C@H]2C(=O)CC[C@@]2(C(=O)OC)[C@@H]1C1=CCC[C@H]1C. The minimum Gasteiger partial charge on any atom is -0.469 e. The first-order valence-corrected chi connectivity index (χ1v) is 8.54. The molecule has 5 atom stereocenters. The second kappa shape index (κ2) is 6.23. The normalized spacial score (nSPS) is 39.3. The Morgan fingerprint density at radius 2 is 2.17 bits per heavy atom. The van der Waals surface area contributed by atoms with Crippen molar-refractivity contribution >= 4 is 11.8 Å². The lowest BCUT2D eigenvalue weighted by Crippen LogP contribution is -2.60. The van der Waals surface area contributed by atoms with Gasteiger partial charge in [-0.2, -0.15) is 0 Å². The Labute approximate surface area is 137 Å². The van der Waals surface area contributed by atoms with E-state index in [1.165, 1.54) is 12.7 Å². The average Bonchev–Trinajstić information content (AvgIpc) is 3.06. The molecule has 0 aromatic carbocycles. The van der Waals surface area contributed by atoms with Crippen molar-refractivity contribution in [1.82, 2.24) is 0 Å². The second-order valence-electron chi connectivity index (χ2n) is 7.10. The van der Waals surface area contributed by atoms with Gasteiger partial charge in [-0.25, -0.2) is 0 Å². The maximum Gasteiger partial charge on any atom is 0.313 e. The Hall–Kier alpha value is -1.42. The molecular formula is C19H26O4. The molecule has 0 bridgehead atoms. The standard InChI is InChI=1S/C19H26O4/c1-12-6-4-7-13(12)16-14(8-5-11-22-2)17-15(20)9-10-19(16,17)18(21)23-3/h5,7-8,12,14,16-17H,4,6,9-11H2,1-3H3/b8-5+/t12-,14+,16-,17+,19-/m1/s1. The summed E-state index contributed by atoms with van der Waals surface area (Å²) in [5.41, 5.74) is 0.728. The zero-order chi connectivity index (χ0) is 16.6. The van der Waals surface area contributed by atoms with Crippen LogP contribution in [-0.4, -0.2) is 32.6 Å². The molecule has 0 spiro atoms. The predicted octanol–water partition coefficient (Wildman–Crippen LogP) is 2.93. The van der Waals surface area contributed by atoms with Crippen LogP contribution in [0.15, 0.2) is 23.8 Å². The van der Waals surface area contributed by atoms with Gasteiger partial charge in [-0.15, -0.1) is 0 Å². The van der Waals surface area contributed by atoms with Gasteiger partial charge in [0.25, 0.3) is 0 Å². The highest BCUT2D eigenvalue weighted by Crippen LogP contribution is 2.67. The fourth-order valence-electron chi connectivity index (χ4n) is 5.15. The highest BCUT2D eigenvalue weighted by Gasteiger charge is 2.71. The lowest BCUT2D eigenvalue weighted by molar-refractivity contribution is -0.177. The second-order valence-corrected chi connectivity index (χ2v) is 7.10. The molecule has 4 nitrogen and oxygen atoms in total. The van der Waals surface area contributed by atoms with E-state index in [-0.39, 0.29) is 29.5 Å². The van der Waals surface area contributed by atoms with Crippen LogP contribution in [0.2, 0.25) is 0 Å². The fraction of sp³-hybridized carbons (Fsp3) is 0.684. The summed E-state index contributed by atoms with van der Waals surface area (Å²) in [6, 6.07) is 0. The highest BCUT2D eigenvalue weighted by molar-refractivity contribution is 5.96. The smallest absolute Gasteiger partial charge is 0.313 e. The van der Waals surface area contributed by atoms with E-state index in [9.17, 15) is 9.59 Å². The number of carbonyl (C=O) groups excluding carboxylic acids is 2. The van der Waals surface area contributed by atoms with Gasteiger partial charge in [-0.1, -0.05) is 30.7 Å². The Morgan fingerprint density at radius 1 is 1.39 bits per heavy atom. The number of hydrogen-bond donors (Lipinski definition) is 0. The molecule has 3 aliphatic rings. The van der Waals surface area contributed by atoms with Crippen molar-refractivity contribution in [3.63, 3.8) is 0 Å². The van der Waals surface area contributed by atoms with E-state index in [1.807, 2.05) is 6.08 Å².